The van der Waals surface area contributed by atoms with Gasteiger partial charge in [-0.1, -0.05) is 34.1 Å². The summed E-state index contributed by atoms with van der Waals surface area (Å²) in [7, 11) is 4.17. The third-order valence-corrected chi connectivity index (χ3v) is 4.51. The zero-order valence-corrected chi connectivity index (χ0v) is 14.9. The quantitative estimate of drug-likeness (QED) is 0.559. The summed E-state index contributed by atoms with van der Waals surface area (Å²) in [5, 5.41) is 0. The number of anilines is 4. The van der Waals surface area contributed by atoms with Gasteiger partial charge < -0.3 is 9.80 Å². The van der Waals surface area contributed by atoms with Crippen LogP contribution in [0.1, 0.15) is 0 Å². The summed E-state index contributed by atoms with van der Waals surface area (Å²) in [5.74, 6) is 0. The summed E-state index contributed by atoms with van der Waals surface area (Å²) < 4.78 is 1.09. The molecule has 0 saturated heterocycles. The molecule has 3 aromatic carbocycles. The molecule has 0 N–H and O–H groups in total. The van der Waals surface area contributed by atoms with Crippen LogP contribution in [0.25, 0.3) is 0 Å². The van der Waals surface area contributed by atoms with Crippen molar-refractivity contribution in [3.8, 4) is 0 Å². The smallest absolute Gasteiger partial charge is 0.0409 e. The minimum absolute atomic E-state index is 1.09. The molecule has 0 saturated carbocycles. The molecule has 0 aromatic heterocycles. The number of benzene rings is 3. The number of hydrogen-bond acceptors (Lipinski definition) is 2. The van der Waals surface area contributed by atoms with Crippen LogP contribution in [0.2, 0.25) is 0 Å². The minimum atomic E-state index is 1.09. The van der Waals surface area contributed by atoms with Gasteiger partial charge >= 0.3 is 0 Å². The van der Waals surface area contributed by atoms with Crippen LogP contribution in [0.3, 0.4) is 0 Å². The summed E-state index contributed by atoms with van der Waals surface area (Å²) in [6.07, 6.45) is 0. The van der Waals surface area contributed by atoms with Crippen LogP contribution in [0.5, 0.6) is 0 Å². The van der Waals surface area contributed by atoms with Crippen LogP contribution in [0.4, 0.5) is 22.7 Å². The summed E-state index contributed by atoms with van der Waals surface area (Å²) in [6, 6.07) is 27.3. The normalized spacial score (nSPS) is 10.4. The average molecular weight is 367 g/mol. The Morgan fingerprint density at radius 1 is 0.522 bits per heavy atom. The monoisotopic (exact) mass is 366 g/mol. The van der Waals surface area contributed by atoms with Crippen molar-refractivity contribution in [1.29, 1.82) is 0 Å². The Kier molecular flexibility index (Phi) is 4.68. The predicted molar refractivity (Wildman–Crippen MR) is 103 cm³/mol. The van der Waals surface area contributed by atoms with Gasteiger partial charge in [-0.3, -0.25) is 0 Å². The van der Waals surface area contributed by atoms with Crippen LogP contribution < -0.4 is 9.80 Å². The van der Waals surface area contributed by atoms with E-state index >= 15 is 0 Å². The fraction of sp³-hybridized carbons (Fsp3) is 0.100. The zero-order chi connectivity index (χ0) is 16.2. The van der Waals surface area contributed by atoms with E-state index in [1.165, 1.54) is 11.4 Å². The first-order valence-corrected chi connectivity index (χ1v) is 8.32. The van der Waals surface area contributed by atoms with Crippen LogP contribution >= 0.6 is 15.9 Å². The molecule has 116 valence electrons. The average Bonchev–Trinajstić information content (AvgIpc) is 2.62. The SMILES string of the molecule is CN(c1ccccc1)c1ccc(N(C)c2ccc(Br)cc2)cc1. The first-order valence-electron chi connectivity index (χ1n) is 7.53. The van der Waals surface area contributed by atoms with Crippen LogP contribution in [0.15, 0.2) is 83.3 Å². The largest absolute Gasteiger partial charge is 0.345 e. The van der Waals surface area contributed by atoms with Crippen molar-refractivity contribution in [2.75, 3.05) is 23.9 Å². The molecule has 3 rings (SSSR count). The van der Waals surface area contributed by atoms with Gasteiger partial charge in [0, 0.05) is 41.3 Å². The molecule has 0 radical (unpaired) electrons. The molecule has 0 aliphatic rings. The van der Waals surface area contributed by atoms with E-state index in [-0.39, 0.29) is 0 Å². The molecule has 23 heavy (non-hydrogen) atoms. The molecule has 0 amide bonds. The number of para-hydroxylation sites is 1. The van der Waals surface area contributed by atoms with Crippen LogP contribution in [-0.2, 0) is 0 Å². The van der Waals surface area contributed by atoms with E-state index in [0.717, 1.165) is 15.8 Å². The summed E-state index contributed by atoms with van der Waals surface area (Å²) in [4.78, 5) is 4.36. The highest BCUT2D eigenvalue weighted by Gasteiger charge is 2.06. The lowest BCUT2D eigenvalue weighted by atomic mass is 10.2. The molecular formula is C20H19BrN2. The highest BCUT2D eigenvalue weighted by atomic mass is 79.9. The molecule has 3 heteroatoms. The van der Waals surface area contributed by atoms with E-state index in [1.54, 1.807) is 0 Å². The second-order valence-corrected chi connectivity index (χ2v) is 6.36. The van der Waals surface area contributed by atoms with E-state index in [2.05, 4.69) is 113 Å². The molecule has 0 bridgehead atoms. The maximum absolute atomic E-state index is 3.47. The first kappa shape index (κ1) is 15.6. The highest BCUT2D eigenvalue weighted by molar-refractivity contribution is 9.10. The molecule has 2 nitrogen and oxygen atoms in total. The van der Waals surface area contributed by atoms with E-state index in [0.29, 0.717) is 0 Å². The minimum Gasteiger partial charge on any atom is -0.345 e. The van der Waals surface area contributed by atoms with Crippen molar-refractivity contribution >= 4 is 38.7 Å². The standard InChI is InChI=1S/C20H19BrN2/c1-22(17-6-4-3-5-7-17)19-12-14-20(15-13-19)23(2)18-10-8-16(21)9-11-18/h3-15H,1-2H3. The summed E-state index contributed by atoms with van der Waals surface area (Å²) in [5.41, 5.74) is 4.68. The van der Waals surface area contributed by atoms with Crippen molar-refractivity contribution in [2.45, 2.75) is 0 Å². The van der Waals surface area contributed by atoms with Gasteiger partial charge in [-0.25, -0.2) is 0 Å². The number of hydrogen-bond donors (Lipinski definition) is 0. The Labute approximate surface area is 146 Å². The van der Waals surface area contributed by atoms with Crippen molar-refractivity contribution in [3.63, 3.8) is 0 Å². The lowest BCUT2D eigenvalue weighted by molar-refractivity contribution is 1.18. The fourth-order valence-electron chi connectivity index (χ4n) is 2.51. The van der Waals surface area contributed by atoms with Gasteiger partial charge in [0.2, 0.25) is 0 Å². The van der Waals surface area contributed by atoms with E-state index in [4.69, 9.17) is 0 Å². The number of halogens is 1. The number of rotatable bonds is 4. The van der Waals surface area contributed by atoms with Gasteiger partial charge in [0.15, 0.2) is 0 Å². The molecule has 0 heterocycles. The Morgan fingerprint density at radius 2 is 0.870 bits per heavy atom. The molecule has 3 aromatic rings. The fourth-order valence-corrected chi connectivity index (χ4v) is 2.78. The summed E-state index contributed by atoms with van der Waals surface area (Å²) >= 11 is 3.47. The van der Waals surface area contributed by atoms with E-state index in [1.807, 2.05) is 6.07 Å². The number of nitrogens with zero attached hydrogens (tertiary/aromatic N) is 2. The molecule has 0 unspecified atom stereocenters. The molecule has 0 fully saturated rings. The molecule has 0 aliphatic carbocycles. The van der Waals surface area contributed by atoms with Crippen molar-refractivity contribution < 1.29 is 0 Å². The maximum Gasteiger partial charge on any atom is 0.0409 e. The topological polar surface area (TPSA) is 6.48 Å². The molecular weight excluding hydrogens is 348 g/mol. The van der Waals surface area contributed by atoms with Gasteiger partial charge in [-0.05, 0) is 60.7 Å². The van der Waals surface area contributed by atoms with Gasteiger partial charge in [0.1, 0.15) is 0 Å². The van der Waals surface area contributed by atoms with E-state index < -0.39 is 0 Å². The van der Waals surface area contributed by atoms with Gasteiger partial charge in [0.25, 0.3) is 0 Å². The molecule has 0 spiro atoms. The Bertz CT molecular complexity index is 752. The maximum atomic E-state index is 3.47. The van der Waals surface area contributed by atoms with Crippen molar-refractivity contribution in [2.24, 2.45) is 0 Å². The lowest BCUT2D eigenvalue weighted by Gasteiger charge is -2.23. The summed E-state index contributed by atoms with van der Waals surface area (Å²) in [6.45, 7) is 0. The highest BCUT2D eigenvalue weighted by Crippen LogP contribution is 2.29. The first-order chi connectivity index (χ1) is 11.1. The van der Waals surface area contributed by atoms with E-state index in [9.17, 15) is 0 Å². The Hall–Kier alpha value is -2.26. The van der Waals surface area contributed by atoms with Crippen LogP contribution in [-0.4, -0.2) is 14.1 Å². The van der Waals surface area contributed by atoms with Crippen molar-refractivity contribution in [3.05, 3.63) is 83.3 Å². The third kappa shape index (κ3) is 3.57. The second-order valence-electron chi connectivity index (χ2n) is 5.45. The van der Waals surface area contributed by atoms with Gasteiger partial charge in [-0.2, -0.15) is 0 Å². The zero-order valence-electron chi connectivity index (χ0n) is 13.3. The van der Waals surface area contributed by atoms with Crippen LogP contribution in [0, 0.1) is 0 Å². The Morgan fingerprint density at radius 3 is 1.30 bits per heavy atom. The van der Waals surface area contributed by atoms with Gasteiger partial charge in [0.05, 0.1) is 0 Å². The lowest BCUT2D eigenvalue weighted by Crippen LogP contribution is -2.11. The molecule has 0 aliphatic heterocycles. The predicted octanol–water partition coefficient (Wildman–Crippen LogP) is 5.98. The third-order valence-electron chi connectivity index (χ3n) is 3.98. The van der Waals surface area contributed by atoms with Crippen molar-refractivity contribution in [1.82, 2.24) is 0 Å². The Balaban J connectivity index is 1.80. The molecule has 0 atom stereocenters. The second kappa shape index (κ2) is 6.88. The van der Waals surface area contributed by atoms with Gasteiger partial charge in [-0.15, -0.1) is 0 Å².